The molecule has 98 valence electrons. The molecule has 0 radical (unpaired) electrons. The predicted octanol–water partition coefficient (Wildman–Crippen LogP) is 3.50. The van der Waals surface area contributed by atoms with E-state index in [9.17, 15) is 13.6 Å². The van der Waals surface area contributed by atoms with Gasteiger partial charge >= 0.3 is 5.97 Å². The standard InChI is InChI=1S/C12H6ClF2NO3/c13-9-4-6(12(17)18)5-10(16-9)19-8-3-1-2-7(14)11(8)15/h1-5H,(H,17,18). The first-order chi connectivity index (χ1) is 8.97. The molecule has 0 atom stereocenters. The van der Waals surface area contributed by atoms with E-state index in [1.54, 1.807) is 0 Å². The van der Waals surface area contributed by atoms with Gasteiger partial charge in [-0.15, -0.1) is 0 Å². The maximum atomic E-state index is 13.4. The fourth-order valence-corrected chi connectivity index (χ4v) is 1.52. The number of hydrogen-bond donors (Lipinski definition) is 1. The lowest BCUT2D eigenvalue weighted by atomic mass is 10.3. The van der Waals surface area contributed by atoms with E-state index < -0.39 is 23.4 Å². The number of benzene rings is 1. The molecule has 2 aromatic rings. The van der Waals surface area contributed by atoms with Crippen LogP contribution in [0.15, 0.2) is 30.3 Å². The van der Waals surface area contributed by atoms with Crippen LogP contribution in [0.2, 0.25) is 5.15 Å². The summed E-state index contributed by atoms with van der Waals surface area (Å²) in [6.07, 6.45) is 0. The molecule has 7 heteroatoms. The van der Waals surface area contributed by atoms with Crippen LogP contribution in [-0.2, 0) is 0 Å². The maximum absolute atomic E-state index is 13.4. The summed E-state index contributed by atoms with van der Waals surface area (Å²) in [5, 5.41) is 8.69. The van der Waals surface area contributed by atoms with Crippen LogP contribution < -0.4 is 4.74 Å². The second kappa shape index (κ2) is 5.19. The molecule has 0 amide bonds. The monoisotopic (exact) mass is 285 g/mol. The Labute approximate surface area is 111 Å². The van der Waals surface area contributed by atoms with Gasteiger partial charge in [-0.3, -0.25) is 0 Å². The number of rotatable bonds is 3. The van der Waals surface area contributed by atoms with Crippen LogP contribution in [0.1, 0.15) is 10.4 Å². The van der Waals surface area contributed by atoms with Crippen LogP contribution in [0.25, 0.3) is 0 Å². The highest BCUT2D eigenvalue weighted by Gasteiger charge is 2.13. The van der Waals surface area contributed by atoms with Crippen molar-refractivity contribution in [3.63, 3.8) is 0 Å². The molecule has 1 aromatic carbocycles. The zero-order valence-corrected chi connectivity index (χ0v) is 9.99. The summed E-state index contributed by atoms with van der Waals surface area (Å²) in [6.45, 7) is 0. The molecule has 19 heavy (non-hydrogen) atoms. The van der Waals surface area contributed by atoms with Gasteiger partial charge in [0.2, 0.25) is 11.7 Å². The van der Waals surface area contributed by atoms with E-state index in [1.165, 1.54) is 12.1 Å². The molecule has 0 aliphatic heterocycles. The summed E-state index contributed by atoms with van der Waals surface area (Å²) >= 11 is 5.61. The second-order valence-corrected chi connectivity index (χ2v) is 3.86. The molecule has 0 aliphatic rings. The van der Waals surface area contributed by atoms with Gasteiger partial charge in [0.25, 0.3) is 0 Å². The van der Waals surface area contributed by atoms with Crippen LogP contribution in [0.4, 0.5) is 8.78 Å². The lowest BCUT2D eigenvalue weighted by molar-refractivity contribution is 0.0696. The minimum absolute atomic E-state index is 0.133. The fourth-order valence-electron chi connectivity index (χ4n) is 1.32. The number of aromatic carboxylic acids is 1. The van der Waals surface area contributed by atoms with Crippen LogP contribution in [0, 0.1) is 11.6 Å². The van der Waals surface area contributed by atoms with Crippen LogP contribution in [0.3, 0.4) is 0 Å². The van der Waals surface area contributed by atoms with E-state index in [2.05, 4.69) is 4.98 Å². The largest absolute Gasteiger partial charge is 0.478 e. The quantitative estimate of drug-likeness (QED) is 0.877. The summed E-state index contributed by atoms with van der Waals surface area (Å²) in [5.74, 6) is -4.17. The van der Waals surface area contributed by atoms with Crippen LogP contribution in [0.5, 0.6) is 11.6 Å². The molecule has 0 unspecified atom stereocenters. The van der Waals surface area contributed by atoms with Gasteiger partial charge in [0, 0.05) is 6.07 Å². The Balaban J connectivity index is 2.38. The van der Waals surface area contributed by atoms with E-state index in [4.69, 9.17) is 21.4 Å². The number of carbonyl (C=O) groups is 1. The Morgan fingerprint density at radius 2 is 2.05 bits per heavy atom. The molecule has 0 spiro atoms. The molecular formula is C12H6ClF2NO3. The SMILES string of the molecule is O=C(O)c1cc(Cl)nc(Oc2cccc(F)c2F)c1. The number of carboxylic acid groups (broad SMARTS) is 1. The third-order valence-electron chi connectivity index (χ3n) is 2.15. The van der Waals surface area contributed by atoms with Crippen molar-refractivity contribution in [1.29, 1.82) is 0 Å². The molecule has 1 N–H and O–H groups in total. The van der Waals surface area contributed by atoms with Gasteiger partial charge in [-0.05, 0) is 18.2 Å². The van der Waals surface area contributed by atoms with Gasteiger partial charge in [-0.25, -0.2) is 14.2 Å². The van der Waals surface area contributed by atoms with Gasteiger partial charge in [0.1, 0.15) is 5.15 Å². The van der Waals surface area contributed by atoms with E-state index in [0.717, 1.165) is 18.2 Å². The Kier molecular flexibility index (Phi) is 3.62. The van der Waals surface area contributed by atoms with Gasteiger partial charge in [0.05, 0.1) is 5.56 Å². The first kappa shape index (κ1) is 13.2. The lowest BCUT2D eigenvalue weighted by Crippen LogP contribution is -1.99. The van der Waals surface area contributed by atoms with Gasteiger partial charge in [0.15, 0.2) is 11.6 Å². The molecule has 1 heterocycles. The fraction of sp³-hybridized carbons (Fsp3) is 0. The predicted molar refractivity (Wildman–Crippen MR) is 62.6 cm³/mol. The lowest BCUT2D eigenvalue weighted by Gasteiger charge is -2.07. The van der Waals surface area contributed by atoms with Crippen molar-refractivity contribution < 1.29 is 23.4 Å². The molecule has 0 saturated heterocycles. The Bertz CT molecular complexity index is 649. The Hall–Kier alpha value is -2.21. The van der Waals surface area contributed by atoms with Crippen LogP contribution >= 0.6 is 11.6 Å². The van der Waals surface area contributed by atoms with Crippen molar-refractivity contribution in [3.05, 3.63) is 52.7 Å². The maximum Gasteiger partial charge on any atom is 0.335 e. The molecule has 2 rings (SSSR count). The van der Waals surface area contributed by atoms with Crippen molar-refractivity contribution >= 4 is 17.6 Å². The Morgan fingerprint density at radius 1 is 1.32 bits per heavy atom. The average molecular weight is 286 g/mol. The molecule has 0 bridgehead atoms. The molecule has 0 fully saturated rings. The third-order valence-corrected chi connectivity index (χ3v) is 2.34. The normalized spacial score (nSPS) is 10.3. The number of halogens is 3. The topological polar surface area (TPSA) is 59.4 Å². The highest BCUT2D eigenvalue weighted by Crippen LogP contribution is 2.26. The van der Waals surface area contributed by atoms with E-state index in [1.807, 2.05) is 0 Å². The smallest absolute Gasteiger partial charge is 0.335 e. The summed E-state index contributed by atoms with van der Waals surface area (Å²) < 4.78 is 31.3. The molecule has 0 saturated carbocycles. The first-order valence-corrected chi connectivity index (χ1v) is 5.38. The number of nitrogens with zero attached hydrogens (tertiary/aromatic N) is 1. The summed E-state index contributed by atoms with van der Waals surface area (Å²) in [6, 6.07) is 5.52. The zero-order chi connectivity index (χ0) is 14.0. The number of hydrogen-bond acceptors (Lipinski definition) is 3. The van der Waals surface area contributed by atoms with Crippen molar-refractivity contribution in [1.82, 2.24) is 4.98 Å². The zero-order valence-electron chi connectivity index (χ0n) is 9.23. The first-order valence-electron chi connectivity index (χ1n) is 5.00. The highest BCUT2D eigenvalue weighted by molar-refractivity contribution is 6.29. The van der Waals surface area contributed by atoms with Crippen molar-refractivity contribution in [2.24, 2.45) is 0 Å². The van der Waals surface area contributed by atoms with Gasteiger partial charge in [-0.1, -0.05) is 17.7 Å². The van der Waals surface area contributed by atoms with E-state index >= 15 is 0 Å². The van der Waals surface area contributed by atoms with E-state index in [-0.39, 0.29) is 16.6 Å². The van der Waals surface area contributed by atoms with Gasteiger partial charge < -0.3 is 9.84 Å². The minimum atomic E-state index is -1.24. The molecular weight excluding hydrogens is 280 g/mol. The average Bonchev–Trinajstić information content (AvgIpc) is 2.34. The molecule has 4 nitrogen and oxygen atoms in total. The van der Waals surface area contributed by atoms with Crippen LogP contribution in [-0.4, -0.2) is 16.1 Å². The number of ether oxygens (including phenoxy) is 1. The summed E-state index contributed by atoms with van der Waals surface area (Å²) in [4.78, 5) is 14.5. The Morgan fingerprint density at radius 3 is 2.74 bits per heavy atom. The third kappa shape index (κ3) is 2.97. The highest BCUT2D eigenvalue weighted by atomic mass is 35.5. The second-order valence-electron chi connectivity index (χ2n) is 3.48. The van der Waals surface area contributed by atoms with Gasteiger partial charge in [-0.2, -0.15) is 4.39 Å². The molecule has 1 aromatic heterocycles. The summed E-state index contributed by atoms with van der Waals surface area (Å²) in [5.41, 5.74) is -0.174. The van der Waals surface area contributed by atoms with Crippen molar-refractivity contribution in [2.45, 2.75) is 0 Å². The number of carboxylic acids is 1. The molecule has 0 aliphatic carbocycles. The van der Waals surface area contributed by atoms with Crippen molar-refractivity contribution in [2.75, 3.05) is 0 Å². The minimum Gasteiger partial charge on any atom is -0.478 e. The van der Waals surface area contributed by atoms with Crippen molar-refractivity contribution in [3.8, 4) is 11.6 Å². The number of aromatic nitrogens is 1. The number of pyridine rings is 1. The van der Waals surface area contributed by atoms with E-state index in [0.29, 0.717) is 0 Å². The summed E-state index contributed by atoms with van der Waals surface area (Å²) in [7, 11) is 0.